The first-order chi connectivity index (χ1) is 12.6. The van der Waals surface area contributed by atoms with E-state index in [1.54, 1.807) is 10.7 Å². The van der Waals surface area contributed by atoms with Gasteiger partial charge in [-0.3, -0.25) is 14.5 Å². The number of hydrogen-bond acceptors (Lipinski definition) is 6. The Hall–Kier alpha value is -2.77. The molecule has 0 saturated carbocycles. The number of ether oxygens (including phenoxy) is 1. The lowest BCUT2D eigenvalue weighted by Gasteiger charge is -2.27. The van der Waals surface area contributed by atoms with Gasteiger partial charge in [0, 0.05) is 32.4 Å². The minimum Gasteiger partial charge on any atom is -0.494 e. The molecule has 0 saturated heterocycles. The van der Waals surface area contributed by atoms with E-state index in [0.717, 1.165) is 37.2 Å². The van der Waals surface area contributed by atoms with E-state index in [1.165, 1.54) is 11.8 Å². The van der Waals surface area contributed by atoms with Crippen molar-refractivity contribution < 1.29 is 14.3 Å². The number of carbonyl (C=O) groups excluding carboxylic acids is 2. The number of unbranched alkanes of at least 4 members (excludes halogenated alkanes) is 1. The Morgan fingerprint density at radius 2 is 2.12 bits per heavy atom. The standard InChI is InChI=1S/C18H23N5O3/c1-3-22-17(19-20-21-22)6-4-5-11-26-15-9-7-14-8-10-18(25)23(13(2)24)16(14)12-15/h7,9,12H,3-6,8,10-11H2,1-2H3. The van der Waals surface area contributed by atoms with Gasteiger partial charge in [-0.15, -0.1) is 5.10 Å². The molecule has 3 rings (SSSR count). The van der Waals surface area contributed by atoms with E-state index < -0.39 is 0 Å². The van der Waals surface area contributed by atoms with E-state index in [4.69, 9.17) is 4.74 Å². The minimum atomic E-state index is -0.262. The Balaban J connectivity index is 1.54. The van der Waals surface area contributed by atoms with Crippen LogP contribution in [-0.4, -0.2) is 38.6 Å². The highest BCUT2D eigenvalue weighted by Crippen LogP contribution is 2.31. The predicted octanol–water partition coefficient (Wildman–Crippen LogP) is 1.92. The third-order valence-corrected chi connectivity index (χ3v) is 4.44. The van der Waals surface area contributed by atoms with Gasteiger partial charge in [-0.1, -0.05) is 6.07 Å². The van der Waals surface area contributed by atoms with Crippen molar-refractivity contribution >= 4 is 17.5 Å². The lowest BCUT2D eigenvalue weighted by atomic mass is 10.0. The second kappa shape index (κ2) is 8.07. The molecule has 1 aromatic carbocycles. The number of carbonyl (C=O) groups is 2. The topological polar surface area (TPSA) is 90.2 Å². The zero-order chi connectivity index (χ0) is 18.5. The zero-order valence-electron chi connectivity index (χ0n) is 15.1. The molecule has 0 atom stereocenters. The highest BCUT2D eigenvalue weighted by molar-refractivity contribution is 6.15. The Labute approximate surface area is 152 Å². The lowest BCUT2D eigenvalue weighted by Crippen LogP contribution is -2.38. The Bertz CT molecular complexity index is 802. The Morgan fingerprint density at radius 3 is 2.88 bits per heavy atom. The van der Waals surface area contributed by atoms with Gasteiger partial charge >= 0.3 is 0 Å². The predicted molar refractivity (Wildman–Crippen MR) is 94.9 cm³/mol. The summed E-state index contributed by atoms with van der Waals surface area (Å²) in [6.45, 7) is 4.73. The van der Waals surface area contributed by atoms with Crippen molar-refractivity contribution in [1.29, 1.82) is 0 Å². The molecule has 0 unspecified atom stereocenters. The summed E-state index contributed by atoms with van der Waals surface area (Å²) in [6, 6.07) is 5.61. The van der Waals surface area contributed by atoms with Crippen LogP contribution in [0.2, 0.25) is 0 Å². The van der Waals surface area contributed by atoms with Crippen molar-refractivity contribution in [3.8, 4) is 5.75 Å². The fraction of sp³-hybridized carbons (Fsp3) is 0.500. The van der Waals surface area contributed by atoms with E-state index in [9.17, 15) is 9.59 Å². The van der Waals surface area contributed by atoms with Crippen LogP contribution in [0.1, 0.15) is 44.5 Å². The molecule has 8 heteroatoms. The van der Waals surface area contributed by atoms with Crippen LogP contribution in [0.25, 0.3) is 0 Å². The van der Waals surface area contributed by atoms with E-state index in [1.807, 2.05) is 19.1 Å². The average molecular weight is 357 g/mol. The fourth-order valence-electron chi connectivity index (χ4n) is 3.11. The van der Waals surface area contributed by atoms with Crippen LogP contribution in [0.15, 0.2) is 18.2 Å². The molecule has 0 N–H and O–H groups in total. The van der Waals surface area contributed by atoms with Gasteiger partial charge in [0.25, 0.3) is 0 Å². The number of imide groups is 1. The summed E-state index contributed by atoms with van der Waals surface area (Å²) in [5.74, 6) is 1.14. The molecule has 1 aliphatic rings. The number of aryl methyl sites for hydroxylation is 3. The average Bonchev–Trinajstić information content (AvgIpc) is 3.08. The maximum Gasteiger partial charge on any atom is 0.234 e. The molecule has 0 bridgehead atoms. The molecule has 0 fully saturated rings. The SMILES string of the molecule is CCn1nnnc1CCCCOc1ccc2c(c1)N(C(C)=O)C(=O)CC2. The van der Waals surface area contributed by atoms with Crippen molar-refractivity contribution in [1.82, 2.24) is 20.2 Å². The quantitative estimate of drug-likeness (QED) is 0.703. The summed E-state index contributed by atoms with van der Waals surface area (Å²) in [5, 5.41) is 11.6. The first-order valence-electron chi connectivity index (χ1n) is 8.94. The third kappa shape index (κ3) is 3.89. The molecule has 2 aromatic rings. The van der Waals surface area contributed by atoms with Crippen LogP contribution in [0, 0.1) is 0 Å². The monoisotopic (exact) mass is 357 g/mol. The summed E-state index contributed by atoms with van der Waals surface area (Å²) >= 11 is 0. The number of anilines is 1. The van der Waals surface area contributed by atoms with Crippen molar-refractivity contribution in [2.75, 3.05) is 11.5 Å². The maximum atomic E-state index is 12.0. The smallest absolute Gasteiger partial charge is 0.234 e. The van der Waals surface area contributed by atoms with Gasteiger partial charge in [-0.2, -0.15) is 0 Å². The second-order valence-electron chi connectivity index (χ2n) is 6.26. The number of tetrazole rings is 1. The van der Waals surface area contributed by atoms with Gasteiger partial charge in [-0.05, 0) is 48.2 Å². The summed E-state index contributed by atoms with van der Waals surface area (Å²) in [6.07, 6.45) is 3.61. The number of benzene rings is 1. The third-order valence-electron chi connectivity index (χ3n) is 4.44. The molecule has 0 spiro atoms. The van der Waals surface area contributed by atoms with Crippen LogP contribution >= 0.6 is 0 Å². The van der Waals surface area contributed by atoms with Crippen LogP contribution in [0.3, 0.4) is 0 Å². The van der Waals surface area contributed by atoms with Crippen LogP contribution in [0.4, 0.5) is 5.69 Å². The first kappa shape index (κ1) is 18.0. The number of amides is 2. The van der Waals surface area contributed by atoms with Gasteiger partial charge < -0.3 is 4.74 Å². The highest BCUT2D eigenvalue weighted by Gasteiger charge is 2.27. The van der Waals surface area contributed by atoms with Crippen molar-refractivity contribution in [3.63, 3.8) is 0 Å². The van der Waals surface area contributed by atoms with Gasteiger partial charge in [0.05, 0.1) is 12.3 Å². The molecule has 138 valence electrons. The zero-order valence-corrected chi connectivity index (χ0v) is 15.1. The van der Waals surface area contributed by atoms with E-state index in [0.29, 0.717) is 30.9 Å². The van der Waals surface area contributed by atoms with Gasteiger partial charge in [0.2, 0.25) is 11.8 Å². The molecule has 26 heavy (non-hydrogen) atoms. The summed E-state index contributed by atoms with van der Waals surface area (Å²) in [5.41, 5.74) is 1.65. The van der Waals surface area contributed by atoms with Crippen molar-refractivity contribution in [2.45, 2.75) is 52.5 Å². The normalized spacial score (nSPS) is 13.6. The molecule has 0 aliphatic carbocycles. The summed E-state index contributed by atoms with van der Waals surface area (Å²) < 4.78 is 7.59. The molecular formula is C18H23N5O3. The van der Waals surface area contributed by atoms with Gasteiger partial charge in [0.15, 0.2) is 5.82 Å². The van der Waals surface area contributed by atoms with Crippen LogP contribution in [0.5, 0.6) is 5.75 Å². The number of aromatic nitrogens is 4. The lowest BCUT2D eigenvalue weighted by molar-refractivity contribution is -0.125. The van der Waals surface area contributed by atoms with Crippen molar-refractivity contribution in [2.24, 2.45) is 0 Å². The van der Waals surface area contributed by atoms with Gasteiger partial charge in [-0.25, -0.2) is 4.68 Å². The molecule has 2 heterocycles. The highest BCUT2D eigenvalue weighted by atomic mass is 16.5. The minimum absolute atomic E-state index is 0.157. The summed E-state index contributed by atoms with van der Waals surface area (Å²) in [7, 11) is 0. The molecule has 0 radical (unpaired) electrons. The number of rotatable bonds is 7. The van der Waals surface area contributed by atoms with E-state index in [-0.39, 0.29) is 11.8 Å². The van der Waals surface area contributed by atoms with Crippen molar-refractivity contribution in [3.05, 3.63) is 29.6 Å². The summed E-state index contributed by atoms with van der Waals surface area (Å²) in [4.78, 5) is 25.1. The van der Waals surface area contributed by atoms with Crippen LogP contribution in [-0.2, 0) is 29.0 Å². The molecule has 1 aliphatic heterocycles. The molecule has 1 aromatic heterocycles. The first-order valence-corrected chi connectivity index (χ1v) is 8.94. The number of hydrogen-bond donors (Lipinski definition) is 0. The maximum absolute atomic E-state index is 12.0. The second-order valence-corrected chi connectivity index (χ2v) is 6.26. The fourth-order valence-corrected chi connectivity index (χ4v) is 3.11. The molecule has 2 amide bonds. The van der Waals surface area contributed by atoms with E-state index in [2.05, 4.69) is 15.5 Å². The number of fused-ring (bicyclic) bond motifs is 1. The van der Waals surface area contributed by atoms with Crippen LogP contribution < -0.4 is 9.64 Å². The molecular weight excluding hydrogens is 334 g/mol. The Kier molecular flexibility index (Phi) is 5.60. The number of nitrogens with zero attached hydrogens (tertiary/aromatic N) is 5. The Morgan fingerprint density at radius 1 is 1.27 bits per heavy atom. The van der Waals surface area contributed by atoms with Gasteiger partial charge in [0.1, 0.15) is 5.75 Å². The largest absolute Gasteiger partial charge is 0.494 e. The van der Waals surface area contributed by atoms with E-state index >= 15 is 0 Å². The molecule has 8 nitrogen and oxygen atoms in total.